The van der Waals surface area contributed by atoms with Crippen LogP contribution in [0.15, 0.2) is 18.2 Å². The molecule has 5 heteroatoms. The molecule has 1 atom stereocenters. The molecule has 1 fully saturated rings. The van der Waals surface area contributed by atoms with Crippen LogP contribution >= 0.6 is 11.6 Å². The van der Waals surface area contributed by atoms with Crippen molar-refractivity contribution in [3.8, 4) is 5.75 Å². The van der Waals surface area contributed by atoms with Crippen molar-refractivity contribution in [2.75, 3.05) is 20.1 Å². The van der Waals surface area contributed by atoms with Gasteiger partial charge in [0.15, 0.2) is 6.10 Å². The molecular formula is C14H19ClN2O2. The Kier molecular flexibility index (Phi) is 4.66. The Morgan fingerprint density at radius 2 is 2.32 bits per heavy atom. The largest absolute Gasteiger partial charge is 0.480 e. The minimum Gasteiger partial charge on any atom is -0.480 e. The SMILES string of the molecule is CCNCc1c(Cl)cccc1OC1CCN(C)C1=O. The molecule has 0 aliphatic carbocycles. The molecule has 1 saturated heterocycles. The lowest BCUT2D eigenvalue weighted by Crippen LogP contribution is -2.29. The van der Waals surface area contributed by atoms with Crippen LogP contribution in [0, 0.1) is 0 Å². The predicted molar refractivity (Wildman–Crippen MR) is 75.5 cm³/mol. The van der Waals surface area contributed by atoms with Crippen molar-refractivity contribution in [2.24, 2.45) is 0 Å². The van der Waals surface area contributed by atoms with Gasteiger partial charge in [0.1, 0.15) is 5.75 Å². The van der Waals surface area contributed by atoms with Crippen molar-refractivity contribution in [1.82, 2.24) is 10.2 Å². The van der Waals surface area contributed by atoms with Crippen LogP contribution < -0.4 is 10.1 Å². The Morgan fingerprint density at radius 1 is 1.53 bits per heavy atom. The quantitative estimate of drug-likeness (QED) is 0.899. The van der Waals surface area contributed by atoms with Crippen LogP contribution in [0.2, 0.25) is 5.02 Å². The number of halogens is 1. The number of rotatable bonds is 5. The summed E-state index contributed by atoms with van der Waals surface area (Å²) in [6, 6.07) is 5.55. The molecule has 1 aliphatic rings. The first kappa shape index (κ1) is 14.2. The first-order chi connectivity index (χ1) is 9.13. The highest BCUT2D eigenvalue weighted by atomic mass is 35.5. The number of benzene rings is 1. The molecule has 1 aliphatic heterocycles. The fraction of sp³-hybridized carbons (Fsp3) is 0.500. The number of nitrogens with one attached hydrogen (secondary N) is 1. The zero-order chi connectivity index (χ0) is 13.8. The van der Waals surface area contributed by atoms with Gasteiger partial charge in [-0.15, -0.1) is 0 Å². The molecule has 19 heavy (non-hydrogen) atoms. The van der Waals surface area contributed by atoms with Gasteiger partial charge in [0.2, 0.25) is 0 Å². The van der Waals surface area contributed by atoms with E-state index in [0.717, 1.165) is 25.1 Å². The molecular weight excluding hydrogens is 264 g/mol. The number of hydrogen-bond acceptors (Lipinski definition) is 3. The van der Waals surface area contributed by atoms with E-state index in [1.165, 1.54) is 0 Å². The first-order valence-corrected chi connectivity index (χ1v) is 6.91. The summed E-state index contributed by atoms with van der Waals surface area (Å²) in [5, 5.41) is 3.90. The fourth-order valence-electron chi connectivity index (χ4n) is 2.12. The van der Waals surface area contributed by atoms with Gasteiger partial charge in [-0.1, -0.05) is 24.6 Å². The Morgan fingerprint density at radius 3 is 2.95 bits per heavy atom. The van der Waals surface area contributed by atoms with E-state index in [9.17, 15) is 4.79 Å². The zero-order valence-corrected chi connectivity index (χ0v) is 12.0. The van der Waals surface area contributed by atoms with E-state index in [0.29, 0.717) is 17.3 Å². The lowest BCUT2D eigenvalue weighted by molar-refractivity contribution is -0.132. The lowest BCUT2D eigenvalue weighted by Gasteiger charge is -2.17. The van der Waals surface area contributed by atoms with Crippen LogP contribution in [-0.2, 0) is 11.3 Å². The number of amides is 1. The summed E-state index contributed by atoms with van der Waals surface area (Å²) in [5.41, 5.74) is 0.911. The van der Waals surface area contributed by atoms with Crippen LogP contribution in [0.25, 0.3) is 0 Å². The van der Waals surface area contributed by atoms with Gasteiger partial charge in [-0.2, -0.15) is 0 Å². The van der Waals surface area contributed by atoms with E-state index in [1.807, 2.05) is 25.1 Å². The molecule has 4 nitrogen and oxygen atoms in total. The van der Waals surface area contributed by atoms with Gasteiger partial charge >= 0.3 is 0 Å². The number of ether oxygens (including phenoxy) is 1. The highest BCUT2D eigenvalue weighted by Gasteiger charge is 2.31. The molecule has 0 spiro atoms. The average Bonchev–Trinajstić information content (AvgIpc) is 2.70. The highest BCUT2D eigenvalue weighted by molar-refractivity contribution is 6.31. The number of likely N-dealkylation sites (tertiary alicyclic amines) is 1. The summed E-state index contributed by atoms with van der Waals surface area (Å²) in [7, 11) is 1.79. The number of hydrogen-bond donors (Lipinski definition) is 1. The van der Waals surface area contributed by atoms with Gasteiger partial charge in [-0.3, -0.25) is 4.79 Å². The predicted octanol–water partition coefficient (Wildman–Crippen LogP) is 2.06. The Hall–Kier alpha value is -1.26. The Balaban J connectivity index is 2.15. The van der Waals surface area contributed by atoms with Crippen molar-refractivity contribution < 1.29 is 9.53 Å². The topological polar surface area (TPSA) is 41.6 Å². The van der Waals surface area contributed by atoms with Crippen molar-refractivity contribution in [1.29, 1.82) is 0 Å². The maximum atomic E-state index is 11.9. The van der Waals surface area contributed by atoms with Crippen LogP contribution in [0.3, 0.4) is 0 Å². The number of likely N-dealkylation sites (N-methyl/N-ethyl adjacent to an activating group) is 1. The summed E-state index contributed by atoms with van der Waals surface area (Å²) < 4.78 is 5.85. The number of carbonyl (C=O) groups is 1. The number of carbonyl (C=O) groups excluding carboxylic acids is 1. The van der Waals surface area contributed by atoms with Gasteiger partial charge in [0.05, 0.1) is 0 Å². The van der Waals surface area contributed by atoms with Crippen molar-refractivity contribution in [3.63, 3.8) is 0 Å². The molecule has 1 N–H and O–H groups in total. The molecule has 1 heterocycles. The lowest BCUT2D eigenvalue weighted by atomic mass is 10.2. The maximum Gasteiger partial charge on any atom is 0.263 e. The molecule has 104 valence electrons. The third-order valence-electron chi connectivity index (χ3n) is 3.28. The van der Waals surface area contributed by atoms with E-state index in [1.54, 1.807) is 11.9 Å². The first-order valence-electron chi connectivity index (χ1n) is 6.53. The van der Waals surface area contributed by atoms with Crippen molar-refractivity contribution in [2.45, 2.75) is 26.0 Å². The minimum atomic E-state index is -0.385. The second-order valence-corrected chi connectivity index (χ2v) is 5.06. The third kappa shape index (κ3) is 3.19. The van der Waals surface area contributed by atoms with Crippen LogP contribution in [-0.4, -0.2) is 37.0 Å². The van der Waals surface area contributed by atoms with Crippen LogP contribution in [0.4, 0.5) is 0 Å². The summed E-state index contributed by atoms with van der Waals surface area (Å²) in [4.78, 5) is 13.6. The van der Waals surface area contributed by atoms with Gasteiger partial charge in [-0.05, 0) is 18.7 Å². The molecule has 1 amide bonds. The van der Waals surface area contributed by atoms with Crippen molar-refractivity contribution in [3.05, 3.63) is 28.8 Å². The van der Waals surface area contributed by atoms with Gasteiger partial charge in [0, 0.05) is 37.1 Å². The van der Waals surface area contributed by atoms with E-state index in [2.05, 4.69) is 5.32 Å². The van der Waals surface area contributed by atoms with E-state index in [4.69, 9.17) is 16.3 Å². The van der Waals surface area contributed by atoms with Gasteiger partial charge in [0.25, 0.3) is 5.91 Å². The highest BCUT2D eigenvalue weighted by Crippen LogP contribution is 2.28. The molecule has 1 unspecified atom stereocenters. The second-order valence-electron chi connectivity index (χ2n) is 4.65. The molecule has 0 radical (unpaired) electrons. The molecule has 0 aromatic heterocycles. The van der Waals surface area contributed by atoms with E-state index >= 15 is 0 Å². The van der Waals surface area contributed by atoms with Gasteiger partial charge < -0.3 is 15.0 Å². The Labute approximate surface area is 118 Å². The smallest absolute Gasteiger partial charge is 0.263 e. The molecule has 1 aromatic carbocycles. The maximum absolute atomic E-state index is 11.9. The molecule has 0 saturated carbocycles. The van der Waals surface area contributed by atoms with E-state index in [-0.39, 0.29) is 12.0 Å². The van der Waals surface area contributed by atoms with Gasteiger partial charge in [-0.25, -0.2) is 0 Å². The van der Waals surface area contributed by atoms with Crippen LogP contribution in [0.1, 0.15) is 18.9 Å². The Bertz CT molecular complexity index is 465. The summed E-state index contributed by atoms with van der Waals surface area (Å²) in [6.07, 6.45) is 0.339. The normalized spacial score (nSPS) is 19.0. The summed E-state index contributed by atoms with van der Waals surface area (Å²) >= 11 is 6.20. The summed E-state index contributed by atoms with van der Waals surface area (Å²) in [6.45, 7) is 4.28. The third-order valence-corrected chi connectivity index (χ3v) is 3.63. The molecule has 0 bridgehead atoms. The van der Waals surface area contributed by atoms with Crippen LogP contribution in [0.5, 0.6) is 5.75 Å². The average molecular weight is 283 g/mol. The summed E-state index contributed by atoms with van der Waals surface area (Å²) in [5.74, 6) is 0.733. The molecule has 1 aromatic rings. The molecule has 2 rings (SSSR count). The zero-order valence-electron chi connectivity index (χ0n) is 11.3. The number of nitrogens with zero attached hydrogens (tertiary/aromatic N) is 1. The van der Waals surface area contributed by atoms with E-state index < -0.39 is 0 Å². The monoisotopic (exact) mass is 282 g/mol. The van der Waals surface area contributed by atoms with Crippen molar-refractivity contribution >= 4 is 17.5 Å². The second kappa shape index (κ2) is 6.26. The standard InChI is InChI=1S/C14H19ClN2O2/c1-3-16-9-10-11(15)5-4-6-12(10)19-13-7-8-17(2)14(13)18/h4-6,13,16H,3,7-9H2,1-2H3. The fourth-order valence-corrected chi connectivity index (χ4v) is 2.36. The minimum absolute atomic E-state index is 0.0365.